The van der Waals surface area contributed by atoms with Gasteiger partial charge in [0.2, 0.25) is 5.91 Å². The zero-order valence-electron chi connectivity index (χ0n) is 10.5. The molecule has 0 aliphatic rings. The topological polar surface area (TPSA) is 58.2 Å². The molecule has 0 saturated carbocycles. The molecule has 0 aliphatic heterocycles. The predicted octanol–water partition coefficient (Wildman–Crippen LogP) is 0.649. The first kappa shape index (κ1) is 15.6. The molecule has 0 spiro atoms. The number of hydrogen-bond donors (Lipinski definition) is 2. The van der Waals surface area contributed by atoms with Gasteiger partial charge >= 0.3 is 0 Å². The summed E-state index contributed by atoms with van der Waals surface area (Å²) in [6.45, 7) is 7.44. The molecule has 0 fully saturated rings. The van der Waals surface area contributed by atoms with Crippen LogP contribution in [0.1, 0.15) is 33.6 Å². The average molecular weight is 248 g/mol. The van der Waals surface area contributed by atoms with E-state index in [2.05, 4.69) is 24.5 Å². The van der Waals surface area contributed by atoms with Gasteiger partial charge in [-0.3, -0.25) is 9.00 Å². The highest BCUT2D eigenvalue weighted by atomic mass is 32.2. The van der Waals surface area contributed by atoms with Gasteiger partial charge in [0.15, 0.2) is 0 Å². The molecule has 1 atom stereocenters. The van der Waals surface area contributed by atoms with Crippen LogP contribution in [0.5, 0.6) is 0 Å². The molecule has 0 aromatic rings. The molecular formula is C11H24N2O2S. The van der Waals surface area contributed by atoms with Crippen molar-refractivity contribution in [3.8, 4) is 0 Å². The van der Waals surface area contributed by atoms with Crippen LogP contribution >= 0.6 is 0 Å². The zero-order chi connectivity index (χ0) is 12.4. The number of carbonyl (C=O) groups excluding carboxylic acids is 1. The van der Waals surface area contributed by atoms with Gasteiger partial charge in [-0.15, -0.1) is 0 Å². The van der Waals surface area contributed by atoms with Gasteiger partial charge in [0.25, 0.3) is 0 Å². The molecule has 1 unspecified atom stereocenters. The Bertz CT molecular complexity index is 220. The molecule has 4 nitrogen and oxygen atoms in total. The van der Waals surface area contributed by atoms with Gasteiger partial charge in [0.05, 0.1) is 0 Å². The van der Waals surface area contributed by atoms with Crippen LogP contribution in [0, 0.1) is 0 Å². The molecule has 2 N–H and O–H groups in total. The first-order valence-electron chi connectivity index (χ1n) is 5.91. The summed E-state index contributed by atoms with van der Waals surface area (Å²) in [7, 11) is -0.784. The Hall–Kier alpha value is -0.420. The first-order chi connectivity index (χ1) is 7.56. The number of carbonyl (C=O) groups is 1. The normalized spacial score (nSPS) is 12.8. The van der Waals surface area contributed by atoms with E-state index in [9.17, 15) is 9.00 Å². The SMILES string of the molecule is CCS(=O)CCNC(=O)CCCNC(C)C. The van der Waals surface area contributed by atoms with Gasteiger partial charge in [0.1, 0.15) is 0 Å². The van der Waals surface area contributed by atoms with E-state index in [1.54, 1.807) is 0 Å². The highest BCUT2D eigenvalue weighted by molar-refractivity contribution is 7.84. The van der Waals surface area contributed by atoms with Crippen molar-refractivity contribution in [3.63, 3.8) is 0 Å². The van der Waals surface area contributed by atoms with Gasteiger partial charge in [-0.25, -0.2) is 0 Å². The van der Waals surface area contributed by atoms with E-state index in [4.69, 9.17) is 0 Å². The predicted molar refractivity (Wildman–Crippen MR) is 68.9 cm³/mol. The van der Waals surface area contributed by atoms with Gasteiger partial charge in [0, 0.05) is 41.3 Å². The number of amides is 1. The fraction of sp³-hybridized carbons (Fsp3) is 0.909. The third kappa shape index (κ3) is 10.1. The van der Waals surface area contributed by atoms with Gasteiger partial charge in [-0.05, 0) is 13.0 Å². The lowest BCUT2D eigenvalue weighted by Gasteiger charge is -2.08. The highest BCUT2D eigenvalue weighted by Crippen LogP contribution is 1.89. The monoisotopic (exact) mass is 248 g/mol. The summed E-state index contributed by atoms with van der Waals surface area (Å²) in [5.41, 5.74) is 0. The maximum atomic E-state index is 11.3. The van der Waals surface area contributed by atoms with E-state index in [1.807, 2.05) is 6.92 Å². The second-order valence-electron chi connectivity index (χ2n) is 3.99. The molecular weight excluding hydrogens is 224 g/mol. The number of nitrogens with one attached hydrogen (secondary N) is 2. The van der Waals surface area contributed by atoms with Gasteiger partial charge in [-0.2, -0.15) is 0 Å². The Labute approximate surface area is 101 Å². The van der Waals surface area contributed by atoms with E-state index in [0.29, 0.717) is 30.5 Å². The summed E-state index contributed by atoms with van der Waals surface area (Å²) < 4.78 is 11.1. The molecule has 16 heavy (non-hydrogen) atoms. The molecule has 0 heterocycles. The Morgan fingerprint density at radius 2 is 2.00 bits per heavy atom. The van der Waals surface area contributed by atoms with Crippen molar-refractivity contribution in [2.75, 3.05) is 24.6 Å². The van der Waals surface area contributed by atoms with E-state index < -0.39 is 10.8 Å². The summed E-state index contributed by atoms with van der Waals surface area (Å²) >= 11 is 0. The average Bonchev–Trinajstić information content (AvgIpc) is 2.24. The number of rotatable bonds is 9. The summed E-state index contributed by atoms with van der Waals surface area (Å²) in [6, 6.07) is 0.468. The zero-order valence-corrected chi connectivity index (χ0v) is 11.4. The van der Waals surface area contributed by atoms with Crippen LogP contribution < -0.4 is 10.6 Å². The van der Waals surface area contributed by atoms with Gasteiger partial charge in [-0.1, -0.05) is 20.8 Å². The summed E-state index contributed by atoms with van der Waals surface area (Å²) in [5.74, 6) is 1.28. The fourth-order valence-corrected chi connectivity index (χ4v) is 1.80. The molecule has 0 bridgehead atoms. The van der Waals surface area contributed by atoms with E-state index >= 15 is 0 Å². The van der Waals surface area contributed by atoms with Crippen molar-refractivity contribution in [1.82, 2.24) is 10.6 Å². The number of hydrogen-bond acceptors (Lipinski definition) is 3. The van der Waals surface area contributed by atoms with E-state index in [-0.39, 0.29) is 5.91 Å². The molecule has 96 valence electrons. The van der Waals surface area contributed by atoms with Crippen LogP contribution in [0.3, 0.4) is 0 Å². The minimum Gasteiger partial charge on any atom is -0.355 e. The Kier molecular flexibility index (Phi) is 9.52. The smallest absolute Gasteiger partial charge is 0.220 e. The Balaban J connectivity index is 3.35. The fourth-order valence-electron chi connectivity index (χ4n) is 1.18. The first-order valence-corrected chi connectivity index (χ1v) is 7.40. The van der Waals surface area contributed by atoms with Crippen LogP contribution in [0.15, 0.2) is 0 Å². The molecule has 0 aliphatic carbocycles. The van der Waals surface area contributed by atoms with E-state index in [0.717, 1.165) is 13.0 Å². The second-order valence-corrected chi connectivity index (χ2v) is 5.86. The molecule has 0 radical (unpaired) electrons. The second kappa shape index (κ2) is 9.78. The lowest BCUT2D eigenvalue weighted by molar-refractivity contribution is -0.121. The molecule has 0 rings (SSSR count). The standard InChI is InChI=1S/C11H24N2O2S/c1-4-16(15)9-8-13-11(14)6-5-7-12-10(2)3/h10,12H,4-9H2,1-3H3,(H,13,14). The third-order valence-electron chi connectivity index (χ3n) is 2.11. The highest BCUT2D eigenvalue weighted by Gasteiger charge is 2.02. The minimum absolute atomic E-state index is 0.0543. The lowest BCUT2D eigenvalue weighted by atomic mass is 10.3. The van der Waals surface area contributed by atoms with Crippen LogP contribution in [-0.4, -0.2) is 40.8 Å². The quantitative estimate of drug-likeness (QED) is 0.589. The van der Waals surface area contributed by atoms with E-state index in [1.165, 1.54) is 0 Å². The molecule has 1 amide bonds. The van der Waals surface area contributed by atoms with Crippen LogP contribution in [0.2, 0.25) is 0 Å². The van der Waals surface area contributed by atoms with Crippen molar-refractivity contribution in [2.24, 2.45) is 0 Å². The van der Waals surface area contributed by atoms with Crippen molar-refractivity contribution >= 4 is 16.7 Å². The summed E-state index contributed by atoms with van der Waals surface area (Å²) in [4.78, 5) is 11.3. The van der Waals surface area contributed by atoms with Crippen molar-refractivity contribution in [3.05, 3.63) is 0 Å². The summed E-state index contributed by atoms with van der Waals surface area (Å²) in [5, 5.41) is 6.03. The maximum Gasteiger partial charge on any atom is 0.220 e. The van der Waals surface area contributed by atoms with Crippen molar-refractivity contribution in [2.45, 2.75) is 39.7 Å². The van der Waals surface area contributed by atoms with Crippen LogP contribution in [-0.2, 0) is 15.6 Å². The Morgan fingerprint density at radius 3 is 2.56 bits per heavy atom. The van der Waals surface area contributed by atoms with Crippen molar-refractivity contribution in [1.29, 1.82) is 0 Å². The van der Waals surface area contributed by atoms with Crippen molar-refractivity contribution < 1.29 is 9.00 Å². The summed E-state index contributed by atoms with van der Waals surface area (Å²) in [6.07, 6.45) is 1.39. The lowest BCUT2D eigenvalue weighted by Crippen LogP contribution is -2.29. The van der Waals surface area contributed by atoms with Crippen LogP contribution in [0.4, 0.5) is 0 Å². The maximum absolute atomic E-state index is 11.3. The molecule has 0 saturated heterocycles. The Morgan fingerprint density at radius 1 is 1.31 bits per heavy atom. The largest absolute Gasteiger partial charge is 0.355 e. The molecule has 0 aromatic carbocycles. The molecule has 0 aromatic heterocycles. The third-order valence-corrected chi connectivity index (χ3v) is 3.41. The van der Waals surface area contributed by atoms with Gasteiger partial charge < -0.3 is 10.6 Å². The van der Waals surface area contributed by atoms with Crippen LogP contribution in [0.25, 0.3) is 0 Å². The molecule has 5 heteroatoms. The minimum atomic E-state index is -0.784.